The molecule has 0 amide bonds. The van der Waals surface area contributed by atoms with Crippen LogP contribution in [0.15, 0.2) is 23.1 Å². The van der Waals surface area contributed by atoms with Crippen LogP contribution in [0, 0.1) is 5.41 Å². The molecule has 118 valence electrons. The summed E-state index contributed by atoms with van der Waals surface area (Å²) in [5.41, 5.74) is 6.41. The van der Waals surface area contributed by atoms with Crippen molar-refractivity contribution in [2.75, 3.05) is 25.9 Å². The van der Waals surface area contributed by atoms with Crippen LogP contribution in [0.3, 0.4) is 0 Å². The van der Waals surface area contributed by atoms with Crippen molar-refractivity contribution in [2.24, 2.45) is 5.41 Å². The molecule has 5 nitrogen and oxygen atoms in total. The van der Waals surface area contributed by atoms with Crippen molar-refractivity contribution < 1.29 is 13.2 Å². The van der Waals surface area contributed by atoms with Crippen molar-refractivity contribution in [3.8, 4) is 5.75 Å². The summed E-state index contributed by atoms with van der Waals surface area (Å²) in [6.45, 7) is 5.52. The Morgan fingerprint density at radius 3 is 2.43 bits per heavy atom. The largest absolute Gasteiger partial charge is 0.495 e. The van der Waals surface area contributed by atoms with Crippen LogP contribution in [-0.2, 0) is 10.0 Å². The zero-order valence-corrected chi connectivity index (χ0v) is 13.7. The number of methoxy groups -OCH3 is 1. The lowest BCUT2D eigenvalue weighted by Crippen LogP contribution is -2.41. The second kappa shape index (κ2) is 5.85. The number of rotatable bonds is 4. The van der Waals surface area contributed by atoms with E-state index < -0.39 is 10.0 Å². The van der Waals surface area contributed by atoms with Crippen molar-refractivity contribution in [1.29, 1.82) is 0 Å². The van der Waals surface area contributed by atoms with Gasteiger partial charge in [0.25, 0.3) is 0 Å². The van der Waals surface area contributed by atoms with Crippen LogP contribution in [0.4, 0.5) is 5.69 Å². The van der Waals surface area contributed by atoms with Gasteiger partial charge in [-0.05, 0) is 36.5 Å². The molecule has 0 saturated carbocycles. The fourth-order valence-corrected chi connectivity index (χ4v) is 4.12. The van der Waals surface area contributed by atoms with Crippen molar-refractivity contribution in [1.82, 2.24) is 4.31 Å². The van der Waals surface area contributed by atoms with Gasteiger partial charge < -0.3 is 10.5 Å². The van der Waals surface area contributed by atoms with Crippen LogP contribution in [0.1, 0.15) is 33.1 Å². The summed E-state index contributed by atoms with van der Waals surface area (Å²) in [6.07, 6.45) is 2.87. The Labute approximate surface area is 127 Å². The molecule has 0 aromatic heterocycles. The third-order valence-electron chi connectivity index (χ3n) is 4.62. The van der Waals surface area contributed by atoms with Gasteiger partial charge in [-0.2, -0.15) is 4.31 Å². The van der Waals surface area contributed by atoms with E-state index in [4.69, 9.17) is 10.5 Å². The Morgan fingerprint density at radius 2 is 1.95 bits per heavy atom. The molecule has 0 bridgehead atoms. The number of piperidine rings is 1. The summed E-state index contributed by atoms with van der Waals surface area (Å²) < 4.78 is 32.0. The monoisotopic (exact) mass is 312 g/mol. The van der Waals surface area contributed by atoms with Crippen LogP contribution in [0.25, 0.3) is 0 Å². The van der Waals surface area contributed by atoms with Gasteiger partial charge in [0, 0.05) is 13.1 Å². The number of hydrogen-bond acceptors (Lipinski definition) is 4. The molecule has 0 aliphatic carbocycles. The van der Waals surface area contributed by atoms with Crippen molar-refractivity contribution >= 4 is 15.7 Å². The topological polar surface area (TPSA) is 72.6 Å². The van der Waals surface area contributed by atoms with Gasteiger partial charge in [-0.25, -0.2) is 8.42 Å². The van der Waals surface area contributed by atoms with Gasteiger partial charge in [0.15, 0.2) is 0 Å². The van der Waals surface area contributed by atoms with Crippen molar-refractivity contribution in [2.45, 2.75) is 38.0 Å². The minimum atomic E-state index is -3.47. The Hall–Kier alpha value is -1.27. The summed E-state index contributed by atoms with van der Waals surface area (Å²) in [6, 6.07) is 4.63. The summed E-state index contributed by atoms with van der Waals surface area (Å²) in [5.74, 6) is 0.492. The SMILES string of the molecule is CCC1(C)CCN(S(=O)(=O)c2ccc(OC)c(N)c2)CC1. The lowest BCUT2D eigenvalue weighted by molar-refractivity contribution is 0.169. The predicted octanol–water partition coefficient (Wildman–Crippen LogP) is 2.48. The normalized spacial score (nSPS) is 19.4. The predicted molar refractivity (Wildman–Crippen MR) is 83.8 cm³/mol. The molecule has 2 rings (SSSR count). The summed E-state index contributed by atoms with van der Waals surface area (Å²) in [7, 11) is -1.96. The first-order chi connectivity index (χ1) is 9.82. The second-order valence-corrected chi connectivity index (χ2v) is 7.91. The van der Waals surface area contributed by atoms with Crippen molar-refractivity contribution in [3.63, 3.8) is 0 Å². The van der Waals surface area contributed by atoms with Crippen LogP contribution < -0.4 is 10.5 Å². The van der Waals surface area contributed by atoms with E-state index in [2.05, 4.69) is 13.8 Å². The molecular weight excluding hydrogens is 288 g/mol. The minimum absolute atomic E-state index is 0.237. The van der Waals surface area contributed by atoms with E-state index >= 15 is 0 Å². The molecule has 1 fully saturated rings. The van der Waals surface area contributed by atoms with Gasteiger partial charge in [-0.15, -0.1) is 0 Å². The standard InChI is InChI=1S/C15H24N2O3S/c1-4-15(2)7-9-17(10-8-15)21(18,19)12-5-6-14(20-3)13(16)11-12/h5-6,11H,4,7-10,16H2,1-3H3. The Kier molecular flexibility index (Phi) is 4.49. The second-order valence-electron chi connectivity index (χ2n) is 5.97. The highest BCUT2D eigenvalue weighted by Crippen LogP contribution is 2.36. The number of nitrogen functional groups attached to an aromatic ring is 1. The van der Waals surface area contributed by atoms with Crippen LogP contribution in [-0.4, -0.2) is 32.9 Å². The first-order valence-electron chi connectivity index (χ1n) is 7.26. The van der Waals surface area contributed by atoms with Gasteiger partial charge in [-0.3, -0.25) is 0 Å². The van der Waals surface area contributed by atoms with E-state index in [1.54, 1.807) is 16.4 Å². The Morgan fingerprint density at radius 1 is 1.33 bits per heavy atom. The summed E-state index contributed by atoms with van der Waals surface area (Å²) in [4.78, 5) is 0.237. The zero-order chi connectivity index (χ0) is 15.7. The first kappa shape index (κ1) is 16.1. The molecule has 6 heteroatoms. The lowest BCUT2D eigenvalue weighted by atomic mass is 9.79. The number of nitrogens with two attached hydrogens (primary N) is 1. The van der Waals surface area contributed by atoms with E-state index in [0.717, 1.165) is 19.3 Å². The van der Waals surface area contributed by atoms with Gasteiger partial charge in [0.1, 0.15) is 5.75 Å². The average Bonchev–Trinajstić information content (AvgIpc) is 2.47. The van der Waals surface area contributed by atoms with E-state index in [-0.39, 0.29) is 10.3 Å². The number of ether oxygens (including phenoxy) is 1. The van der Waals surface area contributed by atoms with Crippen molar-refractivity contribution in [3.05, 3.63) is 18.2 Å². The smallest absolute Gasteiger partial charge is 0.243 e. The van der Waals surface area contributed by atoms with Crippen LogP contribution in [0.5, 0.6) is 5.75 Å². The highest BCUT2D eigenvalue weighted by molar-refractivity contribution is 7.89. The third-order valence-corrected chi connectivity index (χ3v) is 6.52. The Balaban J connectivity index is 2.21. The van der Waals surface area contributed by atoms with E-state index in [1.165, 1.54) is 13.2 Å². The fourth-order valence-electron chi connectivity index (χ4n) is 2.64. The summed E-state index contributed by atoms with van der Waals surface area (Å²) >= 11 is 0. The molecule has 1 aromatic carbocycles. The third kappa shape index (κ3) is 3.16. The molecule has 2 N–H and O–H groups in total. The molecule has 21 heavy (non-hydrogen) atoms. The first-order valence-corrected chi connectivity index (χ1v) is 8.70. The zero-order valence-electron chi connectivity index (χ0n) is 12.9. The molecule has 0 unspecified atom stereocenters. The maximum absolute atomic E-state index is 12.7. The molecule has 0 radical (unpaired) electrons. The molecule has 1 aliphatic rings. The molecule has 1 aliphatic heterocycles. The molecule has 1 saturated heterocycles. The minimum Gasteiger partial charge on any atom is -0.495 e. The number of sulfonamides is 1. The average molecular weight is 312 g/mol. The van der Waals surface area contributed by atoms with Gasteiger partial charge in [-0.1, -0.05) is 20.3 Å². The van der Waals surface area contributed by atoms with E-state index in [1.807, 2.05) is 0 Å². The Bertz CT molecular complexity index is 605. The van der Waals surface area contributed by atoms with Crippen LogP contribution in [0.2, 0.25) is 0 Å². The molecular formula is C15H24N2O3S. The van der Waals surface area contributed by atoms with Gasteiger partial charge >= 0.3 is 0 Å². The van der Waals surface area contributed by atoms with E-state index in [9.17, 15) is 8.42 Å². The summed E-state index contributed by atoms with van der Waals surface area (Å²) in [5, 5.41) is 0. The quantitative estimate of drug-likeness (QED) is 0.867. The van der Waals surface area contributed by atoms with Crippen LogP contribution >= 0.6 is 0 Å². The lowest BCUT2D eigenvalue weighted by Gasteiger charge is -2.38. The maximum Gasteiger partial charge on any atom is 0.243 e. The maximum atomic E-state index is 12.7. The molecule has 0 spiro atoms. The van der Waals surface area contributed by atoms with E-state index in [0.29, 0.717) is 24.5 Å². The molecule has 1 heterocycles. The highest BCUT2D eigenvalue weighted by atomic mass is 32.2. The number of hydrogen-bond donors (Lipinski definition) is 1. The highest BCUT2D eigenvalue weighted by Gasteiger charge is 2.34. The van der Waals surface area contributed by atoms with Gasteiger partial charge in [0.05, 0.1) is 17.7 Å². The fraction of sp³-hybridized carbons (Fsp3) is 0.600. The number of benzene rings is 1. The van der Waals surface area contributed by atoms with Gasteiger partial charge in [0.2, 0.25) is 10.0 Å². The number of nitrogens with zero attached hydrogens (tertiary/aromatic N) is 1. The number of anilines is 1. The molecule has 1 aromatic rings. The molecule has 0 atom stereocenters.